The van der Waals surface area contributed by atoms with E-state index in [-0.39, 0.29) is 6.04 Å². The molecule has 16 heavy (non-hydrogen) atoms. The van der Waals surface area contributed by atoms with Gasteiger partial charge in [0.2, 0.25) is 0 Å². The fraction of sp³-hybridized carbons (Fsp3) is 0.385. The van der Waals surface area contributed by atoms with Crippen molar-refractivity contribution in [2.45, 2.75) is 25.8 Å². The van der Waals surface area contributed by atoms with Gasteiger partial charge < -0.3 is 14.9 Å². The molecule has 3 heteroatoms. The SMILES string of the molecule is CCCC(N)c1cc2cccc(OC)c2o1. The van der Waals surface area contributed by atoms with Crippen molar-refractivity contribution in [3.05, 3.63) is 30.0 Å². The van der Waals surface area contributed by atoms with Crippen LogP contribution in [-0.2, 0) is 0 Å². The molecule has 1 unspecified atom stereocenters. The molecule has 86 valence electrons. The van der Waals surface area contributed by atoms with Crippen LogP contribution in [0.2, 0.25) is 0 Å². The Bertz CT molecular complexity index is 476. The van der Waals surface area contributed by atoms with Crippen molar-refractivity contribution in [3.63, 3.8) is 0 Å². The first-order valence-electron chi connectivity index (χ1n) is 5.58. The fourth-order valence-electron chi connectivity index (χ4n) is 1.85. The van der Waals surface area contributed by atoms with Gasteiger partial charge in [0.05, 0.1) is 13.2 Å². The highest BCUT2D eigenvalue weighted by Crippen LogP contribution is 2.31. The summed E-state index contributed by atoms with van der Waals surface area (Å²) in [5, 5.41) is 1.04. The molecule has 0 fully saturated rings. The number of ether oxygens (including phenoxy) is 1. The van der Waals surface area contributed by atoms with Crippen LogP contribution in [0, 0.1) is 0 Å². The minimum atomic E-state index is -0.0258. The maximum atomic E-state index is 6.03. The van der Waals surface area contributed by atoms with Gasteiger partial charge in [0, 0.05) is 5.39 Å². The van der Waals surface area contributed by atoms with Crippen LogP contribution in [0.1, 0.15) is 31.6 Å². The first kappa shape index (κ1) is 11.0. The van der Waals surface area contributed by atoms with Crippen molar-refractivity contribution in [3.8, 4) is 5.75 Å². The highest BCUT2D eigenvalue weighted by Gasteiger charge is 2.13. The second-order valence-corrected chi connectivity index (χ2v) is 3.92. The summed E-state index contributed by atoms with van der Waals surface area (Å²) in [6.07, 6.45) is 1.98. The van der Waals surface area contributed by atoms with Gasteiger partial charge >= 0.3 is 0 Å². The Kier molecular flexibility index (Phi) is 3.15. The molecule has 1 atom stereocenters. The Morgan fingerprint density at radius 3 is 2.94 bits per heavy atom. The third-order valence-corrected chi connectivity index (χ3v) is 2.71. The van der Waals surface area contributed by atoms with E-state index in [0.29, 0.717) is 0 Å². The molecule has 1 heterocycles. The molecule has 0 bridgehead atoms. The Labute approximate surface area is 95.2 Å². The molecular formula is C13H17NO2. The van der Waals surface area contributed by atoms with Gasteiger partial charge in [0.25, 0.3) is 0 Å². The second-order valence-electron chi connectivity index (χ2n) is 3.92. The van der Waals surface area contributed by atoms with Crippen molar-refractivity contribution in [1.29, 1.82) is 0 Å². The summed E-state index contributed by atoms with van der Waals surface area (Å²) in [4.78, 5) is 0. The maximum Gasteiger partial charge on any atom is 0.176 e. The van der Waals surface area contributed by atoms with Crippen LogP contribution in [0.15, 0.2) is 28.7 Å². The summed E-state index contributed by atoms with van der Waals surface area (Å²) in [5.41, 5.74) is 6.81. The van der Waals surface area contributed by atoms with Gasteiger partial charge in [0.1, 0.15) is 5.76 Å². The molecule has 0 aliphatic carbocycles. The first-order valence-corrected chi connectivity index (χ1v) is 5.58. The molecule has 2 N–H and O–H groups in total. The molecule has 0 saturated carbocycles. The summed E-state index contributed by atoms with van der Waals surface area (Å²) in [6.45, 7) is 2.11. The van der Waals surface area contributed by atoms with Gasteiger partial charge in [-0.2, -0.15) is 0 Å². The van der Waals surface area contributed by atoms with Crippen molar-refractivity contribution in [2.24, 2.45) is 5.73 Å². The predicted molar refractivity (Wildman–Crippen MR) is 64.6 cm³/mol. The molecule has 0 aliphatic heterocycles. The van der Waals surface area contributed by atoms with E-state index in [9.17, 15) is 0 Å². The molecule has 0 saturated heterocycles. The second kappa shape index (κ2) is 4.58. The van der Waals surface area contributed by atoms with E-state index in [1.54, 1.807) is 7.11 Å². The quantitative estimate of drug-likeness (QED) is 0.858. The molecule has 0 spiro atoms. The van der Waals surface area contributed by atoms with Crippen LogP contribution in [0.4, 0.5) is 0 Å². The van der Waals surface area contributed by atoms with Gasteiger partial charge in [-0.15, -0.1) is 0 Å². The average molecular weight is 219 g/mol. The molecule has 3 nitrogen and oxygen atoms in total. The number of hydrogen-bond acceptors (Lipinski definition) is 3. The monoisotopic (exact) mass is 219 g/mol. The van der Waals surface area contributed by atoms with Gasteiger partial charge in [-0.05, 0) is 18.6 Å². The normalized spacial score (nSPS) is 12.9. The number of rotatable bonds is 4. The Hall–Kier alpha value is -1.48. The van der Waals surface area contributed by atoms with E-state index < -0.39 is 0 Å². The minimum absolute atomic E-state index is 0.0258. The Morgan fingerprint density at radius 2 is 2.25 bits per heavy atom. The predicted octanol–water partition coefficient (Wildman–Crippen LogP) is 3.24. The highest BCUT2D eigenvalue weighted by atomic mass is 16.5. The van der Waals surface area contributed by atoms with E-state index in [2.05, 4.69) is 6.92 Å². The third kappa shape index (κ3) is 1.91. The number of methoxy groups -OCH3 is 1. The van der Waals surface area contributed by atoms with Crippen LogP contribution < -0.4 is 10.5 Å². The Morgan fingerprint density at radius 1 is 1.44 bits per heavy atom. The third-order valence-electron chi connectivity index (χ3n) is 2.71. The number of furan rings is 1. The van der Waals surface area contributed by atoms with Crippen molar-refractivity contribution < 1.29 is 9.15 Å². The molecule has 2 rings (SSSR count). The fourth-order valence-corrected chi connectivity index (χ4v) is 1.85. The smallest absolute Gasteiger partial charge is 0.176 e. The van der Waals surface area contributed by atoms with Crippen LogP contribution >= 0.6 is 0 Å². The molecule has 0 radical (unpaired) electrons. The van der Waals surface area contributed by atoms with E-state index in [1.807, 2.05) is 24.3 Å². The van der Waals surface area contributed by atoms with Crippen molar-refractivity contribution in [1.82, 2.24) is 0 Å². The molecule has 0 aliphatic rings. The van der Waals surface area contributed by atoms with Crippen LogP contribution in [-0.4, -0.2) is 7.11 Å². The molecule has 2 aromatic rings. The number of hydrogen-bond donors (Lipinski definition) is 1. The van der Waals surface area contributed by atoms with E-state index in [1.165, 1.54) is 0 Å². The summed E-state index contributed by atoms with van der Waals surface area (Å²) in [5.74, 6) is 1.59. The number of fused-ring (bicyclic) bond motifs is 1. The van der Waals surface area contributed by atoms with E-state index in [4.69, 9.17) is 14.9 Å². The molecular weight excluding hydrogens is 202 g/mol. The van der Waals surface area contributed by atoms with Crippen LogP contribution in [0.5, 0.6) is 5.75 Å². The summed E-state index contributed by atoms with van der Waals surface area (Å²) in [7, 11) is 1.64. The zero-order valence-electron chi connectivity index (χ0n) is 9.69. The summed E-state index contributed by atoms with van der Waals surface area (Å²) >= 11 is 0. The average Bonchev–Trinajstić information content (AvgIpc) is 2.72. The zero-order valence-corrected chi connectivity index (χ0v) is 9.69. The lowest BCUT2D eigenvalue weighted by Gasteiger charge is -2.05. The van der Waals surface area contributed by atoms with E-state index >= 15 is 0 Å². The lowest BCUT2D eigenvalue weighted by molar-refractivity contribution is 0.402. The molecule has 0 amide bonds. The number of nitrogens with two attached hydrogens (primary N) is 1. The first-order chi connectivity index (χ1) is 7.76. The van der Waals surface area contributed by atoms with Crippen molar-refractivity contribution >= 4 is 11.0 Å². The Balaban J connectivity index is 2.43. The lowest BCUT2D eigenvalue weighted by Crippen LogP contribution is -2.08. The van der Waals surface area contributed by atoms with Gasteiger partial charge in [-0.1, -0.05) is 25.5 Å². The largest absolute Gasteiger partial charge is 0.493 e. The number of benzene rings is 1. The lowest BCUT2D eigenvalue weighted by atomic mass is 10.1. The summed E-state index contributed by atoms with van der Waals surface area (Å²) in [6, 6.07) is 7.82. The van der Waals surface area contributed by atoms with E-state index in [0.717, 1.165) is 35.3 Å². The zero-order chi connectivity index (χ0) is 11.5. The standard InChI is InChI=1S/C13H17NO2/c1-3-5-10(14)12-8-9-6-4-7-11(15-2)13(9)16-12/h4,6-8,10H,3,5,14H2,1-2H3. The van der Waals surface area contributed by atoms with Gasteiger partial charge in [-0.25, -0.2) is 0 Å². The van der Waals surface area contributed by atoms with Crippen molar-refractivity contribution in [2.75, 3.05) is 7.11 Å². The molecule has 1 aromatic heterocycles. The number of para-hydroxylation sites is 1. The summed E-state index contributed by atoms with van der Waals surface area (Å²) < 4.78 is 11.0. The minimum Gasteiger partial charge on any atom is -0.493 e. The molecule has 1 aromatic carbocycles. The van der Waals surface area contributed by atoms with Gasteiger partial charge in [-0.3, -0.25) is 0 Å². The maximum absolute atomic E-state index is 6.03. The van der Waals surface area contributed by atoms with Crippen LogP contribution in [0.25, 0.3) is 11.0 Å². The van der Waals surface area contributed by atoms with Gasteiger partial charge in [0.15, 0.2) is 11.3 Å². The highest BCUT2D eigenvalue weighted by molar-refractivity contribution is 5.83. The van der Waals surface area contributed by atoms with Crippen LogP contribution in [0.3, 0.4) is 0 Å². The topological polar surface area (TPSA) is 48.4 Å².